The van der Waals surface area contributed by atoms with Gasteiger partial charge in [0.25, 0.3) is 0 Å². The number of likely N-dealkylation sites (N-methyl/N-ethyl adjacent to an activating group) is 1. The topological polar surface area (TPSA) is 61.8 Å². The second-order valence-electron chi connectivity index (χ2n) is 10.4. The largest absolute Gasteiger partial charge is 0.462 e. The summed E-state index contributed by atoms with van der Waals surface area (Å²) in [6, 6.07) is 15.8. The van der Waals surface area contributed by atoms with Gasteiger partial charge in [-0.25, -0.2) is 0 Å². The average molecular weight is 500 g/mol. The van der Waals surface area contributed by atoms with Crippen LogP contribution in [-0.2, 0) is 17.8 Å². The minimum Gasteiger partial charge on any atom is -0.462 e. The molecule has 7 nitrogen and oxygen atoms in total. The summed E-state index contributed by atoms with van der Waals surface area (Å²) in [5, 5.41) is 2.48. The SMILES string of the molecule is C=CC(=O)[C@H](C)CN(C)c1nc(OC[C@@H]2CCCN2C)nc2c1CCN(c1cccc3ccccc13)C2. The van der Waals surface area contributed by atoms with Crippen molar-refractivity contribution in [1.82, 2.24) is 14.9 Å². The highest BCUT2D eigenvalue weighted by Crippen LogP contribution is 2.34. The molecule has 0 amide bonds. The first kappa shape index (κ1) is 25.2. The molecule has 0 unspecified atom stereocenters. The van der Waals surface area contributed by atoms with Crippen molar-refractivity contribution in [2.24, 2.45) is 5.92 Å². The Balaban J connectivity index is 1.46. The van der Waals surface area contributed by atoms with Crippen LogP contribution in [0.15, 0.2) is 55.1 Å². The second kappa shape index (κ2) is 10.9. The number of hydrogen-bond donors (Lipinski definition) is 0. The quantitative estimate of drug-likeness (QED) is 0.402. The van der Waals surface area contributed by atoms with Gasteiger partial charge in [0, 0.05) is 48.7 Å². The van der Waals surface area contributed by atoms with E-state index in [4.69, 9.17) is 14.7 Å². The fraction of sp³-hybridized carbons (Fsp3) is 0.433. The number of anilines is 2. The Bertz CT molecular complexity index is 1290. The average Bonchev–Trinajstić information content (AvgIpc) is 3.34. The predicted molar refractivity (Wildman–Crippen MR) is 150 cm³/mol. The summed E-state index contributed by atoms with van der Waals surface area (Å²) in [6.07, 6.45) is 4.55. The molecule has 3 heterocycles. The summed E-state index contributed by atoms with van der Waals surface area (Å²) in [6.45, 7) is 9.39. The highest BCUT2D eigenvalue weighted by atomic mass is 16.5. The lowest BCUT2D eigenvalue weighted by Gasteiger charge is -2.33. The number of nitrogens with zero attached hydrogens (tertiary/aromatic N) is 5. The number of benzene rings is 2. The fourth-order valence-corrected chi connectivity index (χ4v) is 5.61. The van der Waals surface area contributed by atoms with Crippen LogP contribution in [0.2, 0.25) is 0 Å². The molecule has 2 aliphatic rings. The molecule has 2 atom stereocenters. The first-order chi connectivity index (χ1) is 17.9. The number of carbonyl (C=O) groups excluding carboxylic acids is 1. The van der Waals surface area contributed by atoms with Gasteiger partial charge in [0.15, 0.2) is 5.78 Å². The molecular weight excluding hydrogens is 462 g/mol. The van der Waals surface area contributed by atoms with Crippen molar-refractivity contribution < 1.29 is 9.53 Å². The maximum atomic E-state index is 12.2. The van der Waals surface area contributed by atoms with Gasteiger partial charge in [-0.15, -0.1) is 0 Å². The summed E-state index contributed by atoms with van der Waals surface area (Å²) >= 11 is 0. The zero-order valence-corrected chi connectivity index (χ0v) is 22.2. The molecule has 1 fully saturated rings. The molecule has 1 aromatic heterocycles. The van der Waals surface area contributed by atoms with Gasteiger partial charge in [0.05, 0.1) is 12.2 Å². The molecule has 0 saturated carbocycles. The van der Waals surface area contributed by atoms with Crippen LogP contribution in [0, 0.1) is 5.92 Å². The van der Waals surface area contributed by atoms with Crippen LogP contribution in [0.25, 0.3) is 10.8 Å². The number of ketones is 1. The molecule has 7 heteroatoms. The first-order valence-electron chi connectivity index (χ1n) is 13.3. The molecule has 37 heavy (non-hydrogen) atoms. The minimum absolute atomic E-state index is 0.0395. The van der Waals surface area contributed by atoms with Crippen LogP contribution in [0.4, 0.5) is 11.5 Å². The predicted octanol–water partition coefficient (Wildman–Crippen LogP) is 4.49. The maximum absolute atomic E-state index is 12.2. The van der Waals surface area contributed by atoms with E-state index in [0.29, 0.717) is 31.7 Å². The van der Waals surface area contributed by atoms with E-state index in [1.165, 1.54) is 29.0 Å². The highest BCUT2D eigenvalue weighted by molar-refractivity contribution is 5.94. The third kappa shape index (κ3) is 5.32. The lowest BCUT2D eigenvalue weighted by Crippen LogP contribution is -2.35. The van der Waals surface area contributed by atoms with E-state index in [2.05, 4.69) is 70.8 Å². The van der Waals surface area contributed by atoms with Gasteiger partial charge in [0.2, 0.25) is 0 Å². The molecule has 2 aromatic carbocycles. The van der Waals surface area contributed by atoms with E-state index in [9.17, 15) is 4.79 Å². The van der Waals surface area contributed by atoms with Crippen LogP contribution in [0.3, 0.4) is 0 Å². The Morgan fingerprint density at radius 1 is 1.22 bits per heavy atom. The number of hydrogen-bond acceptors (Lipinski definition) is 7. The number of aromatic nitrogens is 2. The third-order valence-electron chi connectivity index (χ3n) is 7.80. The number of ether oxygens (including phenoxy) is 1. The van der Waals surface area contributed by atoms with Crippen molar-refractivity contribution in [3.8, 4) is 6.01 Å². The molecule has 1 saturated heterocycles. The number of likely N-dealkylation sites (tertiary alicyclic amines) is 1. The Labute approximate surface area is 219 Å². The summed E-state index contributed by atoms with van der Waals surface area (Å²) in [5.74, 6) is 0.735. The van der Waals surface area contributed by atoms with Gasteiger partial charge in [-0.3, -0.25) is 4.79 Å². The zero-order chi connectivity index (χ0) is 25.9. The Morgan fingerprint density at radius 3 is 2.81 bits per heavy atom. The second-order valence-corrected chi connectivity index (χ2v) is 10.4. The van der Waals surface area contributed by atoms with Crippen molar-refractivity contribution >= 4 is 28.1 Å². The number of rotatable bonds is 9. The van der Waals surface area contributed by atoms with Crippen molar-refractivity contribution in [1.29, 1.82) is 0 Å². The Kier molecular flexibility index (Phi) is 7.42. The summed E-state index contributed by atoms with van der Waals surface area (Å²) in [5.41, 5.74) is 3.36. The van der Waals surface area contributed by atoms with Crippen LogP contribution >= 0.6 is 0 Å². The van der Waals surface area contributed by atoms with Crippen LogP contribution < -0.4 is 14.5 Å². The monoisotopic (exact) mass is 499 g/mol. The molecule has 0 N–H and O–H groups in total. The van der Waals surface area contributed by atoms with Gasteiger partial charge in [-0.2, -0.15) is 9.97 Å². The number of carbonyl (C=O) groups is 1. The molecule has 0 bridgehead atoms. The van der Waals surface area contributed by atoms with Gasteiger partial charge in [-0.1, -0.05) is 49.9 Å². The van der Waals surface area contributed by atoms with Crippen molar-refractivity contribution in [3.05, 3.63) is 66.4 Å². The highest BCUT2D eigenvalue weighted by Gasteiger charge is 2.28. The van der Waals surface area contributed by atoms with Crippen LogP contribution in [-0.4, -0.2) is 67.0 Å². The number of allylic oxidation sites excluding steroid dienone is 1. The van der Waals surface area contributed by atoms with E-state index < -0.39 is 0 Å². The van der Waals surface area contributed by atoms with Crippen molar-refractivity contribution in [2.45, 2.75) is 38.8 Å². The molecule has 0 radical (unpaired) electrons. The minimum atomic E-state index is -0.166. The molecule has 0 spiro atoms. The third-order valence-corrected chi connectivity index (χ3v) is 7.80. The standard InChI is InChI=1S/C30H37N5O2/c1-5-28(36)21(2)18-34(4)29-25-15-17-35(27-14-8-11-22-10-6-7-13-24(22)27)19-26(25)31-30(32-29)37-20-23-12-9-16-33(23)3/h5-8,10-11,13-14,21,23H,1,9,12,15-20H2,2-4H3/t21-,23+/m1/s1. The van der Waals surface area contributed by atoms with E-state index in [-0.39, 0.29) is 11.7 Å². The molecular formula is C30H37N5O2. The first-order valence-corrected chi connectivity index (χ1v) is 13.3. The zero-order valence-electron chi connectivity index (χ0n) is 22.2. The van der Waals surface area contributed by atoms with Crippen molar-refractivity contribution in [3.63, 3.8) is 0 Å². The summed E-state index contributed by atoms with van der Waals surface area (Å²) < 4.78 is 6.21. The lowest BCUT2D eigenvalue weighted by atomic mass is 10.0. The molecule has 5 rings (SSSR count). The van der Waals surface area contributed by atoms with Crippen LogP contribution in [0.1, 0.15) is 31.0 Å². The van der Waals surface area contributed by atoms with Crippen molar-refractivity contribution in [2.75, 3.05) is 50.1 Å². The smallest absolute Gasteiger partial charge is 0.318 e. The fourth-order valence-electron chi connectivity index (χ4n) is 5.61. The normalized spacial score (nSPS) is 18.5. The van der Waals surface area contributed by atoms with Crippen LogP contribution in [0.5, 0.6) is 6.01 Å². The maximum Gasteiger partial charge on any atom is 0.318 e. The number of fused-ring (bicyclic) bond motifs is 2. The lowest BCUT2D eigenvalue weighted by molar-refractivity contribution is -0.117. The molecule has 194 valence electrons. The van der Waals surface area contributed by atoms with E-state index >= 15 is 0 Å². The molecule has 3 aromatic rings. The molecule has 0 aliphatic carbocycles. The van der Waals surface area contributed by atoms with Gasteiger partial charge >= 0.3 is 6.01 Å². The van der Waals surface area contributed by atoms with Gasteiger partial charge < -0.3 is 19.4 Å². The Morgan fingerprint density at radius 2 is 2.03 bits per heavy atom. The van der Waals surface area contributed by atoms with E-state index in [1.807, 2.05) is 14.0 Å². The Hall–Kier alpha value is -3.45. The van der Waals surface area contributed by atoms with Gasteiger partial charge in [-0.05, 0) is 50.4 Å². The van der Waals surface area contributed by atoms with Gasteiger partial charge in [0.1, 0.15) is 12.4 Å². The van der Waals surface area contributed by atoms with E-state index in [0.717, 1.165) is 43.0 Å². The summed E-state index contributed by atoms with van der Waals surface area (Å²) in [7, 11) is 4.15. The van der Waals surface area contributed by atoms with E-state index in [1.54, 1.807) is 0 Å². The molecule has 2 aliphatic heterocycles. The summed E-state index contributed by atoms with van der Waals surface area (Å²) in [4.78, 5) is 28.8.